The zero-order valence-corrected chi connectivity index (χ0v) is 23.6. The molecule has 2 aliphatic heterocycles. The molecule has 0 unspecified atom stereocenters. The lowest BCUT2D eigenvalue weighted by Crippen LogP contribution is -2.49. The third-order valence-corrected chi connectivity index (χ3v) is 8.19. The number of halogens is 1. The van der Waals surface area contributed by atoms with Gasteiger partial charge in [-0.2, -0.15) is 0 Å². The topological polar surface area (TPSA) is 90.3 Å². The molecular formula is C31H39ClN2O5. The first-order chi connectivity index (χ1) is 18.7. The quantitative estimate of drug-likeness (QED) is 0.449. The molecule has 2 N–H and O–H groups in total. The van der Waals surface area contributed by atoms with Crippen LogP contribution in [0.1, 0.15) is 62.1 Å². The predicted molar refractivity (Wildman–Crippen MR) is 153 cm³/mol. The number of nitrogens with zero attached hydrogens (tertiary/aromatic N) is 2. The summed E-state index contributed by atoms with van der Waals surface area (Å²) in [6, 6.07) is 10.9. The second kappa shape index (κ2) is 12.9. The third kappa shape index (κ3) is 6.59. The molecule has 39 heavy (non-hydrogen) atoms. The number of rotatable bonds is 1. The highest BCUT2D eigenvalue weighted by Gasteiger charge is 2.48. The number of anilines is 1. The van der Waals surface area contributed by atoms with Crippen molar-refractivity contribution >= 4 is 29.2 Å². The molecule has 2 atom stereocenters. The third-order valence-electron chi connectivity index (χ3n) is 7.96. The summed E-state index contributed by atoms with van der Waals surface area (Å²) in [6.45, 7) is 3.73. The summed E-state index contributed by atoms with van der Waals surface area (Å²) in [5.41, 5.74) is 0.743. The van der Waals surface area contributed by atoms with Gasteiger partial charge in [-0.3, -0.25) is 4.79 Å². The van der Waals surface area contributed by atoms with E-state index in [1.165, 1.54) is 17.4 Å². The first-order valence-electron chi connectivity index (χ1n) is 13.9. The van der Waals surface area contributed by atoms with E-state index < -0.39 is 23.4 Å². The van der Waals surface area contributed by atoms with Crippen LogP contribution in [-0.4, -0.2) is 53.7 Å². The number of hydrogen-bond acceptors (Lipinski definition) is 5. The lowest BCUT2D eigenvalue weighted by molar-refractivity contribution is -0.172. The molecule has 0 aliphatic carbocycles. The summed E-state index contributed by atoms with van der Waals surface area (Å²) in [5.74, 6) is -2.47. The lowest BCUT2D eigenvalue weighted by atomic mass is 9.81. The van der Waals surface area contributed by atoms with Gasteiger partial charge in [0.15, 0.2) is 5.60 Å². The number of carboxylic acid groups (broad SMARTS) is 1. The van der Waals surface area contributed by atoms with E-state index in [2.05, 4.69) is 11.0 Å². The van der Waals surface area contributed by atoms with Gasteiger partial charge >= 0.3 is 5.97 Å². The number of carbonyl (C=O) groups is 2. The van der Waals surface area contributed by atoms with E-state index >= 15 is 0 Å². The molecular weight excluding hydrogens is 516 g/mol. The Morgan fingerprint density at radius 3 is 2.56 bits per heavy atom. The van der Waals surface area contributed by atoms with Gasteiger partial charge in [-0.1, -0.05) is 42.3 Å². The van der Waals surface area contributed by atoms with Crippen LogP contribution >= 0.6 is 11.6 Å². The molecule has 0 spiro atoms. The Bertz CT molecular complexity index is 1220. The average molecular weight is 555 g/mol. The van der Waals surface area contributed by atoms with Gasteiger partial charge in [-0.05, 0) is 86.4 Å². The number of aliphatic hydroxyl groups is 1. The molecule has 0 saturated carbocycles. The highest BCUT2D eigenvalue weighted by Crippen LogP contribution is 2.39. The number of hydrogen-bond donors (Lipinski definition) is 2. The number of amides is 1. The summed E-state index contributed by atoms with van der Waals surface area (Å²) in [6.07, 6.45) is 10.8. The zero-order chi connectivity index (χ0) is 28.0. The number of ether oxygens (including phenoxy) is 1. The summed E-state index contributed by atoms with van der Waals surface area (Å²) in [4.78, 5) is 29.5. The number of aliphatic carboxylic acids is 1. The van der Waals surface area contributed by atoms with Crippen molar-refractivity contribution in [3.8, 4) is 5.75 Å². The molecule has 7 nitrogen and oxygen atoms in total. The minimum atomic E-state index is -2.40. The fraction of sp³-hybridized carbons (Fsp3) is 0.484. The Hall–Kier alpha value is -3.03. The summed E-state index contributed by atoms with van der Waals surface area (Å²) in [5, 5.41) is 22.6. The van der Waals surface area contributed by atoms with Crippen molar-refractivity contribution in [1.82, 2.24) is 4.90 Å². The normalized spacial score (nSPS) is 24.2. The maximum absolute atomic E-state index is 13.2. The van der Waals surface area contributed by atoms with Gasteiger partial charge in [-0.25, -0.2) is 4.79 Å². The minimum absolute atomic E-state index is 0.168. The molecule has 1 amide bonds. The summed E-state index contributed by atoms with van der Waals surface area (Å²) < 4.78 is 6.35. The van der Waals surface area contributed by atoms with E-state index in [1.807, 2.05) is 24.3 Å². The van der Waals surface area contributed by atoms with Crippen LogP contribution in [0.15, 0.2) is 48.6 Å². The van der Waals surface area contributed by atoms with Crippen molar-refractivity contribution in [3.63, 3.8) is 0 Å². The van der Waals surface area contributed by atoms with Crippen molar-refractivity contribution in [2.75, 3.05) is 31.6 Å². The van der Waals surface area contributed by atoms with Crippen LogP contribution in [0.5, 0.6) is 5.75 Å². The van der Waals surface area contributed by atoms with Crippen LogP contribution in [0.2, 0.25) is 5.02 Å². The maximum Gasteiger partial charge on any atom is 0.341 e. The smallest absolute Gasteiger partial charge is 0.341 e. The van der Waals surface area contributed by atoms with E-state index in [0.29, 0.717) is 23.9 Å². The highest BCUT2D eigenvalue weighted by molar-refractivity contribution is 6.30. The number of fused-ring (bicyclic) bond motifs is 2. The molecule has 8 heteroatoms. The molecule has 0 fully saturated rings. The number of carbonyl (C=O) groups excluding carboxylic acids is 1. The number of benzene rings is 2. The molecule has 2 aromatic rings. The van der Waals surface area contributed by atoms with Crippen LogP contribution in [0.3, 0.4) is 0 Å². The van der Waals surface area contributed by atoms with Crippen LogP contribution in [-0.2, 0) is 28.2 Å². The minimum Gasteiger partial charge on any atom is -0.487 e. The maximum atomic E-state index is 13.2. The number of likely N-dealkylation sites (N-methyl/N-ethyl adjacent to an activating group) is 1. The second-order valence-corrected chi connectivity index (χ2v) is 11.1. The van der Waals surface area contributed by atoms with Crippen molar-refractivity contribution in [3.05, 3.63) is 70.3 Å². The monoisotopic (exact) mass is 554 g/mol. The summed E-state index contributed by atoms with van der Waals surface area (Å²) in [7, 11) is 1.63. The average Bonchev–Trinajstić information content (AvgIpc) is 2.95. The van der Waals surface area contributed by atoms with Gasteiger partial charge < -0.3 is 24.7 Å². The molecule has 2 heterocycles. The Balaban J connectivity index is 1.79. The largest absolute Gasteiger partial charge is 0.487 e. The van der Waals surface area contributed by atoms with Gasteiger partial charge in [0.1, 0.15) is 12.4 Å². The van der Waals surface area contributed by atoms with Crippen molar-refractivity contribution < 1.29 is 24.5 Å². The van der Waals surface area contributed by atoms with E-state index in [0.717, 1.165) is 69.3 Å². The van der Waals surface area contributed by atoms with Gasteiger partial charge in [0.25, 0.3) is 0 Å². The van der Waals surface area contributed by atoms with Crippen molar-refractivity contribution in [2.45, 2.75) is 64.1 Å². The Labute approximate surface area is 236 Å². The van der Waals surface area contributed by atoms with E-state index in [-0.39, 0.29) is 5.56 Å². The fourth-order valence-electron chi connectivity index (χ4n) is 5.47. The molecule has 0 radical (unpaired) electrons. The Kier molecular flexibility index (Phi) is 9.57. The highest BCUT2D eigenvalue weighted by atomic mass is 35.5. The van der Waals surface area contributed by atoms with Crippen LogP contribution in [0.4, 0.5) is 5.69 Å². The number of allylic oxidation sites excluding steroid dienone is 1. The Morgan fingerprint density at radius 2 is 1.79 bits per heavy atom. The van der Waals surface area contributed by atoms with E-state index in [1.54, 1.807) is 25.2 Å². The first-order valence-corrected chi connectivity index (χ1v) is 14.2. The predicted octanol–water partition coefficient (Wildman–Crippen LogP) is 5.56. The van der Waals surface area contributed by atoms with Gasteiger partial charge in [-0.15, -0.1) is 0 Å². The van der Waals surface area contributed by atoms with Crippen LogP contribution in [0.25, 0.3) is 0 Å². The molecule has 4 rings (SSSR count). The van der Waals surface area contributed by atoms with Gasteiger partial charge in [0.2, 0.25) is 5.91 Å². The molecule has 0 saturated heterocycles. The van der Waals surface area contributed by atoms with Crippen molar-refractivity contribution in [2.24, 2.45) is 5.92 Å². The fourth-order valence-corrected chi connectivity index (χ4v) is 5.66. The first kappa shape index (κ1) is 29.0. The van der Waals surface area contributed by atoms with Crippen molar-refractivity contribution in [1.29, 1.82) is 0 Å². The molecule has 2 aliphatic rings. The van der Waals surface area contributed by atoms with E-state index in [9.17, 15) is 19.8 Å². The molecule has 0 aromatic heterocycles. The van der Waals surface area contributed by atoms with Crippen LogP contribution < -0.4 is 9.64 Å². The zero-order valence-electron chi connectivity index (χ0n) is 22.9. The Morgan fingerprint density at radius 1 is 1.03 bits per heavy atom. The van der Waals surface area contributed by atoms with Crippen LogP contribution in [0, 0.1) is 5.92 Å². The number of carboxylic acids is 1. The van der Waals surface area contributed by atoms with Gasteiger partial charge in [0.05, 0.1) is 11.6 Å². The summed E-state index contributed by atoms with van der Waals surface area (Å²) >= 11 is 6.28. The molecule has 2 bridgehead atoms. The molecule has 210 valence electrons. The molecule has 2 aromatic carbocycles. The standard InChI is InChI=1S/C31H39ClN2O5/c1-22-29(35)33(2)16-8-5-3-4-6-9-17-34-18-10-7-11-23-19-26(32)14-12-24(23)21-39-28-15-13-25(20-27(28)34)31(22,38)30(36)37/h5,8,12-15,19-20,22,38H,3-4,6-7,9-11,16-18,21H2,1-2H3,(H,36,37)/b8-5-/t22-,31+/m0/s1. The van der Waals surface area contributed by atoms with E-state index in [4.69, 9.17) is 16.3 Å². The lowest BCUT2D eigenvalue weighted by Gasteiger charge is -2.34. The van der Waals surface area contributed by atoms with Gasteiger partial charge in [0, 0.05) is 31.7 Å². The number of aryl methyl sites for hydroxylation is 1. The SMILES string of the molecule is C[C@H]1C(=O)N(C)C/C=C\CCCCCN2CCCCc3cc(Cl)ccc3COc3ccc(cc32)[C@@]1(O)C(=O)O. The second-order valence-electron chi connectivity index (χ2n) is 10.7.